The van der Waals surface area contributed by atoms with Crippen molar-refractivity contribution in [1.29, 1.82) is 0 Å². The van der Waals surface area contributed by atoms with Crippen LogP contribution in [-0.4, -0.2) is 24.5 Å². The number of rotatable bonds is 10. The van der Waals surface area contributed by atoms with Crippen molar-refractivity contribution in [2.45, 2.75) is 53.6 Å². The van der Waals surface area contributed by atoms with Gasteiger partial charge < -0.3 is 9.73 Å². The Kier molecular flexibility index (Phi) is 7.84. The standard InChI is InChI=1S/C16H30N2O/c1-5-8-18(9-6-2)13-15-7-10-19-16(15)12-17-11-14(3)4/h7,10,14,17H,5-6,8-9,11-13H2,1-4H3. The molecule has 0 amide bonds. The van der Waals surface area contributed by atoms with Crippen LogP contribution < -0.4 is 5.32 Å². The highest BCUT2D eigenvalue weighted by atomic mass is 16.3. The summed E-state index contributed by atoms with van der Waals surface area (Å²) in [6.45, 7) is 14.1. The monoisotopic (exact) mass is 266 g/mol. The van der Waals surface area contributed by atoms with E-state index in [0.29, 0.717) is 5.92 Å². The molecule has 19 heavy (non-hydrogen) atoms. The second-order valence-electron chi connectivity index (χ2n) is 5.67. The number of nitrogens with one attached hydrogen (secondary N) is 1. The van der Waals surface area contributed by atoms with E-state index in [0.717, 1.165) is 38.5 Å². The van der Waals surface area contributed by atoms with Crippen molar-refractivity contribution in [3.63, 3.8) is 0 Å². The van der Waals surface area contributed by atoms with E-state index in [4.69, 9.17) is 4.42 Å². The van der Waals surface area contributed by atoms with Crippen LogP contribution in [0.5, 0.6) is 0 Å². The zero-order chi connectivity index (χ0) is 14.1. The molecule has 0 aliphatic carbocycles. The molecule has 110 valence electrons. The minimum absolute atomic E-state index is 0.676. The van der Waals surface area contributed by atoms with Crippen LogP contribution in [-0.2, 0) is 13.1 Å². The smallest absolute Gasteiger partial charge is 0.122 e. The fourth-order valence-corrected chi connectivity index (χ4v) is 2.28. The summed E-state index contributed by atoms with van der Waals surface area (Å²) in [7, 11) is 0. The van der Waals surface area contributed by atoms with Crippen molar-refractivity contribution in [2.24, 2.45) is 5.92 Å². The van der Waals surface area contributed by atoms with Gasteiger partial charge in [-0.15, -0.1) is 0 Å². The molecule has 3 nitrogen and oxygen atoms in total. The van der Waals surface area contributed by atoms with E-state index in [1.54, 1.807) is 0 Å². The molecular weight excluding hydrogens is 236 g/mol. The molecule has 0 spiro atoms. The molecule has 0 atom stereocenters. The van der Waals surface area contributed by atoms with Crippen molar-refractivity contribution in [1.82, 2.24) is 10.2 Å². The molecule has 1 aromatic rings. The number of furan rings is 1. The molecule has 1 heterocycles. The highest BCUT2D eigenvalue weighted by Gasteiger charge is 2.10. The molecule has 1 N–H and O–H groups in total. The molecular formula is C16H30N2O. The summed E-state index contributed by atoms with van der Waals surface area (Å²) in [5, 5.41) is 3.45. The van der Waals surface area contributed by atoms with Gasteiger partial charge in [-0.05, 0) is 44.5 Å². The molecule has 1 aromatic heterocycles. The molecule has 0 bridgehead atoms. The van der Waals surface area contributed by atoms with Crippen LogP contribution in [0, 0.1) is 5.92 Å². The van der Waals surface area contributed by atoms with Gasteiger partial charge in [-0.2, -0.15) is 0 Å². The van der Waals surface area contributed by atoms with Gasteiger partial charge >= 0.3 is 0 Å². The third kappa shape index (κ3) is 6.26. The maximum atomic E-state index is 5.61. The van der Waals surface area contributed by atoms with Crippen molar-refractivity contribution in [3.8, 4) is 0 Å². The van der Waals surface area contributed by atoms with E-state index in [1.807, 2.05) is 6.26 Å². The van der Waals surface area contributed by atoms with Gasteiger partial charge in [0, 0.05) is 12.1 Å². The second kappa shape index (κ2) is 9.16. The van der Waals surface area contributed by atoms with Crippen LogP contribution in [0.4, 0.5) is 0 Å². The zero-order valence-corrected chi connectivity index (χ0v) is 13.0. The summed E-state index contributed by atoms with van der Waals surface area (Å²) in [6, 6.07) is 2.12. The summed E-state index contributed by atoms with van der Waals surface area (Å²) in [4.78, 5) is 2.51. The minimum Gasteiger partial charge on any atom is -0.468 e. The third-order valence-electron chi connectivity index (χ3n) is 3.15. The first-order valence-electron chi connectivity index (χ1n) is 7.65. The summed E-state index contributed by atoms with van der Waals surface area (Å²) in [6.07, 6.45) is 4.23. The van der Waals surface area contributed by atoms with Gasteiger partial charge in [-0.3, -0.25) is 4.90 Å². The Hall–Kier alpha value is -0.800. The minimum atomic E-state index is 0.676. The van der Waals surface area contributed by atoms with Crippen LogP contribution in [0.25, 0.3) is 0 Å². The van der Waals surface area contributed by atoms with Crippen LogP contribution >= 0.6 is 0 Å². The van der Waals surface area contributed by atoms with E-state index < -0.39 is 0 Å². The normalized spacial score (nSPS) is 11.7. The quantitative estimate of drug-likeness (QED) is 0.701. The lowest BCUT2D eigenvalue weighted by Crippen LogP contribution is -2.26. The highest BCUT2D eigenvalue weighted by Crippen LogP contribution is 2.14. The Labute approximate surface area is 118 Å². The summed E-state index contributed by atoms with van der Waals surface area (Å²) in [5.41, 5.74) is 1.33. The number of hydrogen-bond donors (Lipinski definition) is 1. The summed E-state index contributed by atoms with van der Waals surface area (Å²) in [5.74, 6) is 1.77. The first kappa shape index (κ1) is 16.3. The molecule has 0 aromatic carbocycles. The molecule has 0 radical (unpaired) electrons. The van der Waals surface area contributed by atoms with Crippen LogP contribution in [0.2, 0.25) is 0 Å². The van der Waals surface area contributed by atoms with E-state index in [-0.39, 0.29) is 0 Å². The SMILES string of the molecule is CCCN(CCC)Cc1ccoc1CNCC(C)C. The molecule has 0 fully saturated rings. The fourth-order valence-electron chi connectivity index (χ4n) is 2.28. The van der Waals surface area contributed by atoms with Crippen molar-refractivity contribution >= 4 is 0 Å². The van der Waals surface area contributed by atoms with E-state index in [2.05, 4.69) is 44.0 Å². The van der Waals surface area contributed by atoms with E-state index in [1.165, 1.54) is 18.4 Å². The molecule has 3 heteroatoms. The molecule has 0 aliphatic rings. The Balaban J connectivity index is 2.50. The maximum Gasteiger partial charge on any atom is 0.122 e. The fraction of sp³-hybridized carbons (Fsp3) is 0.750. The highest BCUT2D eigenvalue weighted by molar-refractivity contribution is 5.16. The van der Waals surface area contributed by atoms with E-state index in [9.17, 15) is 0 Å². The number of nitrogens with zero attached hydrogens (tertiary/aromatic N) is 1. The predicted molar refractivity (Wildman–Crippen MR) is 81.1 cm³/mol. The lowest BCUT2D eigenvalue weighted by molar-refractivity contribution is 0.264. The summed E-state index contributed by atoms with van der Waals surface area (Å²) >= 11 is 0. The molecule has 1 rings (SSSR count). The van der Waals surface area contributed by atoms with E-state index >= 15 is 0 Å². The average molecular weight is 266 g/mol. The summed E-state index contributed by atoms with van der Waals surface area (Å²) < 4.78 is 5.61. The zero-order valence-electron chi connectivity index (χ0n) is 13.0. The topological polar surface area (TPSA) is 28.4 Å². The lowest BCUT2D eigenvalue weighted by atomic mass is 10.2. The maximum absolute atomic E-state index is 5.61. The van der Waals surface area contributed by atoms with Gasteiger partial charge in [0.25, 0.3) is 0 Å². The van der Waals surface area contributed by atoms with Gasteiger partial charge in [0.15, 0.2) is 0 Å². The lowest BCUT2D eigenvalue weighted by Gasteiger charge is -2.20. The number of hydrogen-bond acceptors (Lipinski definition) is 3. The van der Waals surface area contributed by atoms with Crippen LogP contribution in [0.15, 0.2) is 16.7 Å². The van der Waals surface area contributed by atoms with Gasteiger partial charge in [-0.1, -0.05) is 27.7 Å². The average Bonchev–Trinajstić information content (AvgIpc) is 2.77. The van der Waals surface area contributed by atoms with Crippen LogP contribution in [0.3, 0.4) is 0 Å². The second-order valence-corrected chi connectivity index (χ2v) is 5.67. The molecule has 0 aliphatic heterocycles. The first-order chi connectivity index (χ1) is 9.17. The Morgan fingerprint density at radius 3 is 2.47 bits per heavy atom. The molecule has 0 unspecified atom stereocenters. The van der Waals surface area contributed by atoms with Crippen molar-refractivity contribution in [3.05, 3.63) is 23.7 Å². The van der Waals surface area contributed by atoms with Gasteiger partial charge in [0.1, 0.15) is 5.76 Å². The molecule has 0 saturated carbocycles. The van der Waals surface area contributed by atoms with Gasteiger partial charge in [0.2, 0.25) is 0 Å². The van der Waals surface area contributed by atoms with Crippen molar-refractivity contribution < 1.29 is 4.42 Å². The molecule has 0 saturated heterocycles. The van der Waals surface area contributed by atoms with Gasteiger partial charge in [-0.25, -0.2) is 0 Å². The van der Waals surface area contributed by atoms with Crippen LogP contribution in [0.1, 0.15) is 51.9 Å². The van der Waals surface area contributed by atoms with Gasteiger partial charge in [0.05, 0.1) is 12.8 Å². The van der Waals surface area contributed by atoms with Crippen molar-refractivity contribution in [2.75, 3.05) is 19.6 Å². The predicted octanol–water partition coefficient (Wildman–Crippen LogP) is 3.65. The Bertz CT molecular complexity index is 327. The third-order valence-corrected chi connectivity index (χ3v) is 3.15. The first-order valence-corrected chi connectivity index (χ1v) is 7.65. The Morgan fingerprint density at radius 1 is 1.21 bits per heavy atom. The largest absolute Gasteiger partial charge is 0.468 e. The Morgan fingerprint density at radius 2 is 1.89 bits per heavy atom.